The quantitative estimate of drug-likeness (QED) is 0.576. The first-order chi connectivity index (χ1) is 11.8. The molecule has 5 heteroatoms. The van der Waals surface area contributed by atoms with Crippen molar-refractivity contribution in [2.75, 3.05) is 14.2 Å². The first kappa shape index (κ1) is 14.5. The molecule has 1 aromatic heterocycles. The van der Waals surface area contributed by atoms with Crippen molar-refractivity contribution in [1.29, 1.82) is 0 Å². The summed E-state index contributed by atoms with van der Waals surface area (Å²) >= 11 is 0. The van der Waals surface area contributed by atoms with Gasteiger partial charge in [-0.1, -0.05) is 29.5 Å². The van der Waals surface area contributed by atoms with E-state index in [9.17, 15) is 0 Å². The van der Waals surface area contributed by atoms with Crippen LogP contribution in [-0.2, 0) is 6.54 Å². The third-order valence-corrected chi connectivity index (χ3v) is 4.19. The molecule has 0 saturated heterocycles. The number of rotatable bonds is 4. The fourth-order valence-corrected chi connectivity index (χ4v) is 2.91. The van der Waals surface area contributed by atoms with E-state index < -0.39 is 0 Å². The van der Waals surface area contributed by atoms with Crippen molar-refractivity contribution in [2.24, 2.45) is 0 Å². The molecular formula is C19H17N3O2. The summed E-state index contributed by atoms with van der Waals surface area (Å²) in [6.07, 6.45) is 0. The van der Waals surface area contributed by atoms with Gasteiger partial charge in [0.15, 0.2) is 0 Å². The second kappa shape index (κ2) is 5.85. The molecule has 0 saturated carbocycles. The number of benzene rings is 3. The summed E-state index contributed by atoms with van der Waals surface area (Å²) in [7, 11) is 3.34. The van der Waals surface area contributed by atoms with E-state index in [1.165, 1.54) is 0 Å². The van der Waals surface area contributed by atoms with Gasteiger partial charge < -0.3 is 9.47 Å². The smallest absolute Gasteiger partial charge is 0.119 e. The third-order valence-electron chi connectivity index (χ3n) is 4.19. The lowest BCUT2D eigenvalue weighted by atomic mass is 10.1. The molecule has 0 amide bonds. The van der Waals surface area contributed by atoms with Crippen LogP contribution in [0.5, 0.6) is 11.5 Å². The summed E-state index contributed by atoms with van der Waals surface area (Å²) < 4.78 is 12.5. The minimum Gasteiger partial charge on any atom is -0.497 e. The Labute approximate surface area is 139 Å². The molecule has 4 rings (SSSR count). The first-order valence-corrected chi connectivity index (χ1v) is 7.71. The largest absolute Gasteiger partial charge is 0.497 e. The minimum atomic E-state index is 0.650. The van der Waals surface area contributed by atoms with Crippen molar-refractivity contribution in [1.82, 2.24) is 15.0 Å². The van der Waals surface area contributed by atoms with Crippen molar-refractivity contribution in [2.45, 2.75) is 6.54 Å². The Kier molecular flexibility index (Phi) is 3.54. The van der Waals surface area contributed by atoms with Crippen LogP contribution in [0.25, 0.3) is 21.8 Å². The standard InChI is InChI=1S/C19H17N3O2/c1-23-15-7-3-13(4-8-15)12-22-19-17-11-16(24-2)9-5-14(17)6-10-18(19)20-21-22/h3-11H,12H2,1-2H3. The van der Waals surface area contributed by atoms with Gasteiger partial charge in [-0.25, -0.2) is 4.68 Å². The third kappa shape index (κ3) is 2.44. The van der Waals surface area contributed by atoms with Gasteiger partial charge in [0.05, 0.1) is 26.3 Å². The van der Waals surface area contributed by atoms with Gasteiger partial charge in [0, 0.05) is 5.39 Å². The van der Waals surface area contributed by atoms with Gasteiger partial charge in [0.25, 0.3) is 0 Å². The van der Waals surface area contributed by atoms with Crippen molar-refractivity contribution in [3.63, 3.8) is 0 Å². The first-order valence-electron chi connectivity index (χ1n) is 7.71. The molecule has 0 radical (unpaired) electrons. The molecule has 0 fully saturated rings. The Bertz CT molecular complexity index is 1010. The zero-order valence-corrected chi connectivity index (χ0v) is 13.6. The highest BCUT2D eigenvalue weighted by atomic mass is 16.5. The Morgan fingerprint density at radius 1 is 0.875 bits per heavy atom. The van der Waals surface area contributed by atoms with Crippen LogP contribution >= 0.6 is 0 Å². The second-order valence-corrected chi connectivity index (χ2v) is 5.62. The van der Waals surface area contributed by atoms with E-state index >= 15 is 0 Å². The van der Waals surface area contributed by atoms with Crippen LogP contribution in [-0.4, -0.2) is 29.2 Å². The van der Waals surface area contributed by atoms with E-state index in [1.807, 2.05) is 47.1 Å². The number of fused-ring (bicyclic) bond motifs is 3. The van der Waals surface area contributed by atoms with E-state index in [2.05, 4.69) is 22.4 Å². The lowest BCUT2D eigenvalue weighted by molar-refractivity contribution is 0.414. The van der Waals surface area contributed by atoms with Crippen LogP contribution in [0.4, 0.5) is 0 Å². The lowest BCUT2D eigenvalue weighted by Gasteiger charge is -2.07. The molecule has 0 aliphatic heterocycles. The van der Waals surface area contributed by atoms with Crippen LogP contribution in [0.15, 0.2) is 54.6 Å². The average molecular weight is 319 g/mol. The van der Waals surface area contributed by atoms with Gasteiger partial charge in [-0.15, -0.1) is 5.10 Å². The highest BCUT2D eigenvalue weighted by Gasteiger charge is 2.10. The van der Waals surface area contributed by atoms with Crippen molar-refractivity contribution >= 4 is 21.8 Å². The molecule has 4 aromatic rings. The van der Waals surface area contributed by atoms with Gasteiger partial charge in [0.1, 0.15) is 17.0 Å². The van der Waals surface area contributed by atoms with Crippen LogP contribution in [0.3, 0.4) is 0 Å². The number of aromatic nitrogens is 3. The number of hydrogen-bond donors (Lipinski definition) is 0. The van der Waals surface area contributed by atoms with E-state index in [4.69, 9.17) is 9.47 Å². The number of methoxy groups -OCH3 is 2. The maximum absolute atomic E-state index is 5.37. The van der Waals surface area contributed by atoms with Crippen LogP contribution in [0.1, 0.15) is 5.56 Å². The maximum atomic E-state index is 5.37. The van der Waals surface area contributed by atoms with Gasteiger partial charge in [-0.3, -0.25) is 0 Å². The molecule has 0 N–H and O–H groups in total. The normalized spacial score (nSPS) is 11.1. The summed E-state index contributed by atoms with van der Waals surface area (Å²) in [5.74, 6) is 1.67. The summed E-state index contributed by atoms with van der Waals surface area (Å²) in [5, 5.41) is 10.9. The van der Waals surface area contributed by atoms with Gasteiger partial charge in [-0.2, -0.15) is 0 Å². The average Bonchev–Trinajstić information content (AvgIpc) is 3.05. The molecule has 0 atom stereocenters. The van der Waals surface area contributed by atoms with Crippen molar-refractivity contribution < 1.29 is 9.47 Å². The maximum Gasteiger partial charge on any atom is 0.119 e. The molecular weight excluding hydrogens is 302 g/mol. The molecule has 24 heavy (non-hydrogen) atoms. The van der Waals surface area contributed by atoms with Crippen LogP contribution in [0.2, 0.25) is 0 Å². The van der Waals surface area contributed by atoms with E-state index in [0.29, 0.717) is 6.54 Å². The number of hydrogen-bond acceptors (Lipinski definition) is 4. The van der Waals surface area contributed by atoms with E-state index in [1.54, 1.807) is 14.2 Å². The van der Waals surface area contributed by atoms with Crippen molar-refractivity contribution in [3.05, 3.63) is 60.2 Å². The highest BCUT2D eigenvalue weighted by molar-refractivity contribution is 6.04. The molecule has 3 aromatic carbocycles. The van der Waals surface area contributed by atoms with Crippen molar-refractivity contribution in [3.8, 4) is 11.5 Å². The SMILES string of the molecule is COc1ccc(Cn2nnc3ccc4ccc(OC)cc4c32)cc1. The number of ether oxygens (including phenoxy) is 2. The summed E-state index contributed by atoms with van der Waals surface area (Å²) in [5.41, 5.74) is 3.04. The molecule has 0 aliphatic rings. The topological polar surface area (TPSA) is 49.2 Å². The zero-order valence-electron chi connectivity index (χ0n) is 13.6. The highest BCUT2D eigenvalue weighted by Crippen LogP contribution is 2.28. The van der Waals surface area contributed by atoms with E-state index in [-0.39, 0.29) is 0 Å². The molecule has 1 heterocycles. The second-order valence-electron chi connectivity index (χ2n) is 5.62. The van der Waals surface area contributed by atoms with Crippen LogP contribution in [0, 0.1) is 0 Å². The fourth-order valence-electron chi connectivity index (χ4n) is 2.91. The van der Waals surface area contributed by atoms with Gasteiger partial charge >= 0.3 is 0 Å². The Hall–Kier alpha value is -3.08. The Morgan fingerprint density at radius 3 is 2.33 bits per heavy atom. The predicted octanol–water partition coefficient (Wildman–Crippen LogP) is 3.65. The summed E-state index contributed by atoms with van der Waals surface area (Å²) in [4.78, 5) is 0. The molecule has 0 bridgehead atoms. The molecule has 0 aliphatic carbocycles. The molecule has 0 spiro atoms. The zero-order chi connectivity index (χ0) is 16.5. The van der Waals surface area contributed by atoms with E-state index in [0.717, 1.165) is 38.9 Å². The minimum absolute atomic E-state index is 0.650. The predicted molar refractivity (Wildman–Crippen MR) is 93.7 cm³/mol. The molecule has 0 unspecified atom stereocenters. The summed E-state index contributed by atoms with van der Waals surface area (Å²) in [6, 6.07) is 18.1. The number of nitrogens with zero attached hydrogens (tertiary/aromatic N) is 3. The fraction of sp³-hybridized carbons (Fsp3) is 0.158. The Morgan fingerprint density at radius 2 is 1.58 bits per heavy atom. The summed E-state index contributed by atoms with van der Waals surface area (Å²) in [6.45, 7) is 0.650. The molecule has 120 valence electrons. The monoisotopic (exact) mass is 319 g/mol. The van der Waals surface area contributed by atoms with Gasteiger partial charge in [-0.05, 0) is 41.3 Å². The van der Waals surface area contributed by atoms with Gasteiger partial charge in [0.2, 0.25) is 0 Å². The molecule has 5 nitrogen and oxygen atoms in total. The Balaban J connectivity index is 1.83. The van der Waals surface area contributed by atoms with Crippen LogP contribution < -0.4 is 9.47 Å². The lowest BCUT2D eigenvalue weighted by Crippen LogP contribution is -2.02.